The second kappa shape index (κ2) is 6.03. The molecule has 1 aliphatic rings. The molecule has 3 atom stereocenters. The normalized spacial score (nSPS) is 27.3. The molecule has 0 aliphatic heterocycles. The van der Waals surface area contributed by atoms with Crippen molar-refractivity contribution in [3.05, 3.63) is 22.7 Å². The molecule has 2 rings (SSSR count). The summed E-state index contributed by atoms with van der Waals surface area (Å²) in [7, 11) is -3.79. The zero-order valence-electron chi connectivity index (χ0n) is 11.7. The van der Waals surface area contributed by atoms with E-state index in [1.165, 1.54) is 6.07 Å². The van der Waals surface area contributed by atoms with Crippen molar-refractivity contribution in [1.29, 1.82) is 0 Å². The first kappa shape index (κ1) is 15.8. The van der Waals surface area contributed by atoms with E-state index in [2.05, 4.69) is 29.8 Å². The van der Waals surface area contributed by atoms with Crippen LogP contribution in [0, 0.1) is 11.8 Å². The quantitative estimate of drug-likeness (QED) is 0.897. The molecule has 2 N–H and O–H groups in total. The zero-order valence-corrected chi connectivity index (χ0v) is 14.1. The summed E-state index contributed by atoms with van der Waals surface area (Å²) in [6.07, 6.45) is 3.06. The van der Waals surface area contributed by atoms with Gasteiger partial charge in [-0.15, -0.1) is 0 Å². The summed E-state index contributed by atoms with van der Waals surface area (Å²) >= 11 is 3.26. The van der Waals surface area contributed by atoms with E-state index in [1.54, 1.807) is 12.1 Å². The number of ether oxygens (including phenoxy) is 1. The van der Waals surface area contributed by atoms with E-state index in [0.29, 0.717) is 22.1 Å². The van der Waals surface area contributed by atoms with Crippen LogP contribution < -0.4 is 9.88 Å². The van der Waals surface area contributed by atoms with Crippen molar-refractivity contribution in [3.8, 4) is 5.75 Å². The second-order valence-corrected chi connectivity index (χ2v) is 8.09. The van der Waals surface area contributed by atoms with Crippen LogP contribution in [0.3, 0.4) is 0 Å². The molecule has 6 heteroatoms. The van der Waals surface area contributed by atoms with Gasteiger partial charge in [0.15, 0.2) is 0 Å². The van der Waals surface area contributed by atoms with Gasteiger partial charge in [0.1, 0.15) is 10.6 Å². The van der Waals surface area contributed by atoms with Gasteiger partial charge in [-0.2, -0.15) is 0 Å². The fraction of sp³-hybridized carbons (Fsp3) is 0.571. The van der Waals surface area contributed by atoms with E-state index >= 15 is 0 Å². The highest BCUT2D eigenvalue weighted by Crippen LogP contribution is 2.34. The average Bonchev–Trinajstić information content (AvgIpc) is 2.35. The van der Waals surface area contributed by atoms with Gasteiger partial charge in [0.25, 0.3) is 0 Å². The highest BCUT2D eigenvalue weighted by atomic mass is 79.9. The molecular formula is C14H20BrNO3S. The van der Waals surface area contributed by atoms with Crippen LogP contribution >= 0.6 is 15.9 Å². The summed E-state index contributed by atoms with van der Waals surface area (Å²) in [5, 5.41) is 5.25. The SMILES string of the molecule is CC1CCC(Oc2ccc(Br)cc2S(N)(=O)=O)CC1C. The van der Waals surface area contributed by atoms with Crippen LogP contribution in [0.4, 0.5) is 0 Å². The first-order valence-corrected chi connectivity index (χ1v) is 9.10. The van der Waals surface area contributed by atoms with E-state index in [0.717, 1.165) is 19.3 Å². The molecule has 1 aromatic carbocycles. The minimum absolute atomic E-state index is 0.0400. The largest absolute Gasteiger partial charge is 0.489 e. The van der Waals surface area contributed by atoms with Crippen molar-refractivity contribution in [2.45, 2.75) is 44.1 Å². The van der Waals surface area contributed by atoms with Gasteiger partial charge in [0, 0.05) is 4.47 Å². The predicted molar refractivity (Wildman–Crippen MR) is 82.1 cm³/mol. The van der Waals surface area contributed by atoms with Crippen LogP contribution in [0.5, 0.6) is 5.75 Å². The fourth-order valence-electron chi connectivity index (χ4n) is 2.59. The molecule has 0 aromatic heterocycles. The second-order valence-electron chi connectivity index (χ2n) is 5.64. The van der Waals surface area contributed by atoms with Gasteiger partial charge in [-0.05, 0) is 49.3 Å². The number of hydrogen-bond donors (Lipinski definition) is 1. The van der Waals surface area contributed by atoms with Crippen molar-refractivity contribution in [2.75, 3.05) is 0 Å². The number of rotatable bonds is 3. The van der Waals surface area contributed by atoms with E-state index in [9.17, 15) is 8.42 Å². The summed E-state index contributed by atoms with van der Waals surface area (Å²) < 4.78 is 29.9. The smallest absolute Gasteiger partial charge is 0.241 e. The third-order valence-electron chi connectivity index (χ3n) is 4.06. The molecule has 0 heterocycles. The Kier molecular flexibility index (Phi) is 4.76. The van der Waals surface area contributed by atoms with Gasteiger partial charge < -0.3 is 4.74 Å². The van der Waals surface area contributed by atoms with Gasteiger partial charge >= 0.3 is 0 Å². The first-order valence-electron chi connectivity index (χ1n) is 6.76. The monoisotopic (exact) mass is 361 g/mol. The lowest BCUT2D eigenvalue weighted by molar-refractivity contribution is 0.0979. The van der Waals surface area contributed by atoms with Crippen LogP contribution in [0.1, 0.15) is 33.1 Å². The Bertz CT molecular complexity index is 588. The van der Waals surface area contributed by atoms with Crippen LogP contribution in [-0.2, 0) is 10.0 Å². The maximum absolute atomic E-state index is 11.6. The number of primary sulfonamides is 1. The molecule has 20 heavy (non-hydrogen) atoms. The van der Waals surface area contributed by atoms with Crippen molar-refractivity contribution in [1.82, 2.24) is 0 Å². The van der Waals surface area contributed by atoms with Gasteiger partial charge in [-0.25, -0.2) is 13.6 Å². The van der Waals surface area contributed by atoms with E-state index in [4.69, 9.17) is 9.88 Å². The summed E-state index contributed by atoms with van der Waals surface area (Å²) in [6.45, 7) is 4.46. The molecule has 1 aromatic rings. The summed E-state index contributed by atoms with van der Waals surface area (Å²) in [4.78, 5) is 0.0400. The van der Waals surface area contributed by atoms with Gasteiger partial charge in [-0.3, -0.25) is 0 Å². The lowest BCUT2D eigenvalue weighted by Crippen LogP contribution is -2.29. The Morgan fingerprint density at radius 2 is 1.95 bits per heavy atom. The van der Waals surface area contributed by atoms with E-state index in [-0.39, 0.29) is 11.0 Å². The van der Waals surface area contributed by atoms with Crippen LogP contribution in [-0.4, -0.2) is 14.5 Å². The number of halogens is 1. The first-order chi connectivity index (χ1) is 9.27. The molecule has 112 valence electrons. The number of nitrogens with two attached hydrogens (primary N) is 1. The maximum Gasteiger partial charge on any atom is 0.241 e. The van der Waals surface area contributed by atoms with Crippen LogP contribution in [0.25, 0.3) is 0 Å². The molecule has 1 aliphatic carbocycles. The standard InChI is InChI=1S/C14H20BrNO3S/c1-9-3-5-12(7-10(9)2)19-13-6-4-11(15)8-14(13)20(16,17)18/h4,6,8-10,12H,3,5,7H2,1-2H3,(H2,16,17,18). The number of benzene rings is 1. The molecular weight excluding hydrogens is 342 g/mol. The molecule has 1 saturated carbocycles. The van der Waals surface area contributed by atoms with Gasteiger partial charge in [-0.1, -0.05) is 29.8 Å². The van der Waals surface area contributed by atoms with Crippen molar-refractivity contribution in [2.24, 2.45) is 17.0 Å². The molecule has 3 unspecified atom stereocenters. The van der Waals surface area contributed by atoms with Crippen molar-refractivity contribution < 1.29 is 13.2 Å². The van der Waals surface area contributed by atoms with Crippen LogP contribution in [0.15, 0.2) is 27.6 Å². The molecule has 1 fully saturated rings. The minimum atomic E-state index is -3.79. The summed E-state index contributed by atoms with van der Waals surface area (Å²) in [5.74, 6) is 1.63. The average molecular weight is 362 g/mol. The molecule has 0 radical (unpaired) electrons. The molecule has 0 bridgehead atoms. The highest BCUT2D eigenvalue weighted by Gasteiger charge is 2.27. The molecule has 4 nitrogen and oxygen atoms in total. The Balaban J connectivity index is 2.22. The molecule has 0 spiro atoms. The Morgan fingerprint density at radius 1 is 1.25 bits per heavy atom. The number of sulfonamides is 1. The zero-order chi connectivity index (χ0) is 14.9. The Morgan fingerprint density at radius 3 is 2.55 bits per heavy atom. The minimum Gasteiger partial charge on any atom is -0.489 e. The predicted octanol–water partition coefficient (Wildman–Crippen LogP) is 3.30. The summed E-state index contributed by atoms with van der Waals surface area (Å²) in [5.41, 5.74) is 0. The van der Waals surface area contributed by atoms with E-state index < -0.39 is 10.0 Å². The highest BCUT2D eigenvalue weighted by molar-refractivity contribution is 9.10. The third kappa shape index (κ3) is 3.74. The Hall–Kier alpha value is -0.590. The Labute approximate surface area is 128 Å². The van der Waals surface area contributed by atoms with E-state index in [1.807, 2.05) is 0 Å². The molecule has 0 saturated heterocycles. The summed E-state index contributed by atoms with van der Waals surface area (Å²) in [6, 6.07) is 4.91. The fourth-order valence-corrected chi connectivity index (χ4v) is 3.79. The number of hydrogen-bond acceptors (Lipinski definition) is 3. The lowest BCUT2D eigenvalue weighted by atomic mass is 9.80. The van der Waals surface area contributed by atoms with Crippen molar-refractivity contribution >= 4 is 26.0 Å². The maximum atomic E-state index is 11.6. The molecule has 0 amide bonds. The third-order valence-corrected chi connectivity index (χ3v) is 5.48. The van der Waals surface area contributed by atoms with Gasteiger partial charge in [0.2, 0.25) is 10.0 Å². The van der Waals surface area contributed by atoms with Gasteiger partial charge in [0.05, 0.1) is 6.10 Å². The lowest BCUT2D eigenvalue weighted by Gasteiger charge is -2.32. The topological polar surface area (TPSA) is 69.4 Å². The van der Waals surface area contributed by atoms with Crippen LogP contribution in [0.2, 0.25) is 0 Å². The van der Waals surface area contributed by atoms with Crippen molar-refractivity contribution in [3.63, 3.8) is 0 Å².